The lowest BCUT2D eigenvalue weighted by atomic mass is 9.79. The third-order valence-electron chi connectivity index (χ3n) is 4.15. The van der Waals surface area contributed by atoms with Crippen LogP contribution in [0, 0.1) is 16.7 Å². The molecule has 0 amide bonds. The van der Waals surface area contributed by atoms with E-state index >= 15 is 0 Å². The van der Waals surface area contributed by atoms with Gasteiger partial charge in [-0.15, -0.1) is 0 Å². The van der Waals surface area contributed by atoms with Crippen molar-refractivity contribution in [1.82, 2.24) is 0 Å². The van der Waals surface area contributed by atoms with Crippen molar-refractivity contribution in [3.63, 3.8) is 0 Å². The first kappa shape index (κ1) is 13.9. The Hall–Kier alpha value is -2.05. The average molecular weight is 280 g/mol. The molecule has 0 saturated carbocycles. The van der Waals surface area contributed by atoms with E-state index in [0.717, 1.165) is 31.6 Å². The fraction of sp³-hybridized carbons (Fsp3) is 0.389. The Morgan fingerprint density at radius 2 is 2.10 bits per heavy atom. The van der Waals surface area contributed by atoms with E-state index in [1.54, 1.807) is 0 Å². The molecule has 3 heteroatoms. The summed E-state index contributed by atoms with van der Waals surface area (Å²) in [7, 11) is 0. The van der Waals surface area contributed by atoms with Gasteiger partial charge in [0.25, 0.3) is 0 Å². The molecule has 108 valence electrons. The number of nitrogens with zero attached hydrogens (tertiary/aromatic N) is 2. The molecule has 3 nitrogen and oxygen atoms in total. The van der Waals surface area contributed by atoms with E-state index < -0.39 is 0 Å². The van der Waals surface area contributed by atoms with Crippen molar-refractivity contribution < 1.29 is 4.74 Å². The zero-order chi connectivity index (χ0) is 14.7. The molecule has 0 fully saturated rings. The number of para-hydroxylation sites is 1. The van der Waals surface area contributed by atoms with Crippen LogP contribution in [0.5, 0.6) is 0 Å². The zero-order valence-electron chi connectivity index (χ0n) is 12.4. The van der Waals surface area contributed by atoms with Crippen molar-refractivity contribution in [1.29, 1.82) is 5.26 Å². The molecular formula is C18H20N2O. The highest BCUT2D eigenvalue weighted by Gasteiger charge is 2.29. The molecule has 0 spiro atoms. The monoisotopic (exact) mass is 280 g/mol. The predicted molar refractivity (Wildman–Crippen MR) is 83.5 cm³/mol. The highest BCUT2D eigenvalue weighted by molar-refractivity contribution is 5.57. The van der Waals surface area contributed by atoms with Crippen molar-refractivity contribution in [2.45, 2.75) is 26.2 Å². The fourth-order valence-electron chi connectivity index (χ4n) is 2.98. The molecule has 0 saturated heterocycles. The lowest BCUT2D eigenvalue weighted by Gasteiger charge is -2.34. The third kappa shape index (κ3) is 2.86. The van der Waals surface area contributed by atoms with Crippen molar-refractivity contribution >= 4 is 5.69 Å². The first-order valence-electron chi connectivity index (χ1n) is 7.45. The van der Waals surface area contributed by atoms with Gasteiger partial charge >= 0.3 is 0 Å². The minimum Gasteiger partial charge on any atom is -0.361 e. The first-order chi connectivity index (χ1) is 10.2. The Morgan fingerprint density at radius 1 is 1.29 bits per heavy atom. The summed E-state index contributed by atoms with van der Waals surface area (Å²) in [6.07, 6.45) is 6.98. The molecule has 1 aromatic rings. The van der Waals surface area contributed by atoms with Gasteiger partial charge in [0.05, 0.1) is 11.5 Å². The summed E-state index contributed by atoms with van der Waals surface area (Å²) in [5.41, 5.74) is 3.33. The van der Waals surface area contributed by atoms with Crippen LogP contribution in [0.3, 0.4) is 0 Å². The van der Waals surface area contributed by atoms with Crippen molar-refractivity contribution in [2.75, 3.05) is 18.2 Å². The molecule has 0 aromatic heterocycles. The van der Waals surface area contributed by atoms with Gasteiger partial charge in [-0.3, -0.25) is 0 Å². The second kappa shape index (κ2) is 5.75. The Balaban J connectivity index is 2.00. The number of hydrogen-bond donors (Lipinski definition) is 0. The van der Waals surface area contributed by atoms with Crippen LogP contribution in [0.4, 0.5) is 5.69 Å². The molecule has 1 aliphatic heterocycles. The third-order valence-corrected chi connectivity index (χ3v) is 4.15. The van der Waals surface area contributed by atoms with Gasteiger partial charge < -0.3 is 9.64 Å². The van der Waals surface area contributed by atoms with Gasteiger partial charge in [0.1, 0.15) is 6.73 Å². The molecular weight excluding hydrogens is 260 g/mol. The number of nitriles is 1. The van der Waals surface area contributed by atoms with Crippen LogP contribution in [0.1, 0.15) is 26.2 Å². The largest absolute Gasteiger partial charge is 0.361 e. The van der Waals surface area contributed by atoms with Gasteiger partial charge in [-0.05, 0) is 50.0 Å². The Kier molecular flexibility index (Phi) is 3.81. The van der Waals surface area contributed by atoms with Crippen molar-refractivity contribution in [3.8, 4) is 6.07 Å². The quantitative estimate of drug-likeness (QED) is 0.780. The normalized spacial score (nSPS) is 25.8. The highest BCUT2D eigenvalue weighted by atomic mass is 16.5. The maximum absolute atomic E-state index is 9.39. The van der Waals surface area contributed by atoms with E-state index in [4.69, 9.17) is 4.74 Å². The molecule has 0 bridgehead atoms. The summed E-state index contributed by atoms with van der Waals surface area (Å²) in [6.45, 7) is 3.35. The smallest absolute Gasteiger partial charge is 0.123 e. The molecule has 1 heterocycles. The van der Waals surface area contributed by atoms with Gasteiger partial charge in [0, 0.05) is 18.0 Å². The van der Waals surface area contributed by atoms with E-state index in [0.29, 0.717) is 6.73 Å². The van der Waals surface area contributed by atoms with Crippen LogP contribution in [0.2, 0.25) is 0 Å². The van der Waals surface area contributed by atoms with Gasteiger partial charge in [-0.2, -0.15) is 5.26 Å². The second-order valence-electron chi connectivity index (χ2n) is 5.93. The summed E-state index contributed by atoms with van der Waals surface area (Å²) >= 11 is 0. The molecule has 2 aliphatic rings. The summed E-state index contributed by atoms with van der Waals surface area (Å²) < 4.78 is 5.76. The molecule has 3 rings (SSSR count). The summed E-state index contributed by atoms with van der Waals surface area (Å²) in [4.78, 5) is 2.21. The van der Waals surface area contributed by atoms with Gasteiger partial charge in [0.15, 0.2) is 0 Å². The SMILES string of the molecule is CC1(C#N)C=CC2=C(CCCOCN2c2ccccc2)C1. The lowest BCUT2D eigenvalue weighted by Crippen LogP contribution is -2.31. The molecule has 1 aliphatic carbocycles. The van der Waals surface area contributed by atoms with E-state index in [2.05, 4.69) is 29.2 Å². The molecule has 1 aromatic carbocycles. The van der Waals surface area contributed by atoms with E-state index in [9.17, 15) is 5.26 Å². The summed E-state index contributed by atoms with van der Waals surface area (Å²) in [5.74, 6) is 0. The molecule has 0 N–H and O–H groups in total. The number of rotatable bonds is 1. The van der Waals surface area contributed by atoms with Gasteiger partial charge in [0.2, 0.25) is 0 Å². The fourth-order valence-corrected chi connectivity index (χ4v) is 2.98. The van der Waals surface area contributed by atoms with E-state index in [1.165, 1.54) is 11.3 Å². The Morgan fingerprint density at radius 3 is 2.86 bits per heavy atom. The number of allylic oxidation sites excluding steroid dienone is 3. The number of hydrogen-bond acceptors (Lipinski definition) is 3. The summed E-state index contributed by atoms with van der Waals surface area (Å²) in [5, 5.41) is 9.39. The zero-order valence-corrected chi connectivity index (χ0v) is 12.4. The van der Waals surface area contributed by atoms with Crippen LogP contribution in [-0.2, 0) is 4.74 Å². The van der Waals surface area contributed by atoms with Crippen LogP contribution >= 0.6 is 0 Å². The number of benzene rings is 1. The van der Waals surface area contributed by atoms with E-state index in [1.807, 2.05) is 31.2 Å². The molecule has 1 atom stereocenters. The first-order valence-corrected chi connectivity index (χ1v) is 7.45. The maximum Gasteiger partial charge on any atom is 0.123 e. The van der Waals surface area contributed by atoms with Crippen molar-refractivity contribution in [3.05, 3.63) is 53.8 Å². The minimum atomic E-state index is -0.374. The van der Waals surface area contributed by atoms with Crippen LogP contribution in [0.25, 0.3) is 0 Å². The maximum atomic E-state index is 9.39. The van der Waals surface area contributed by atoms with Crippen LogP contribution in [0.15, 0.2) is 53.8 Å². The van der Waals surface area contributed by atoms with Crippen LogP contribution < -0.4 is 4.90 Å². The van der Waals surface area contributed by atoms with Gasteiger partial charge in [-0.1, -0.05) is 24.3 Å². The van der Waals surface area contributed by atoms with E-state index in [-0.39, 0.29) is 5.41 Å². The standard InChI is InChI=1S/C18H20N2O/c1-18(13-19)10-9-17-15(12-18)6-5-11-21-14-20(17)16-7-3-2-4-8-16/h2-4,7-10H,5-6,11-12,14H2,1H3. The number of ether oxygens (including phenoxy) is 1. The predicted octanol–water partition coefficient (Wildman–Crippen LogP) is 4.00. The molecule has 1 unspecified atom stereocenters. The van der Waals surface area contributed by atoms with Gasteiger partial charge in [-0.25, -0.2) is 0 Å². The topological polar surface area (TPSA) is 36.3 Å². The Labute approximate surface area is 126 Å². The van der Waals surface area contributed by atoms with Crippen molar-refractivity contribution in [2.24, 2.45) is 5.41 Å². The minimum absolute atomic E-state index is 0.374. The average Bonchev–Trinajstić information content (AvgIpc) is 2.50. The van der Waals surface area contributed by atoms with Crippen LogP contribution in [-0.4, -0.2) is 13.3 Å². The second-order valence-corrected chi connectivity index (χ2v) is 5.93. The highest BCUT2D eigenvalue weighted by Crippen LogP contribution is 2.38. The lowest BCUT2D eigenvalue weighted by molar-refractivity contribution is 0.132. The number of anilines is 1. The molecule has 21 heavy (non-hydrogen) atoms. The molecule has 0 radical (unpaired) electrons. The summed E-state index contributed by atoms with van der Waals surface area (Å²) in [6, 6.07) is 12.7. The Bertz CT molecular complexity index is 612.